The fourth-order valence-corrected chi connectivity index (χ4v) is 4.47. The van der Waals surface area contributed by atoms with Gasteiger partial charge in [0.25, 0.3) is 11.1 Å². The fraction of sp³-hybridized carbons (Fsp3) is 0.0870. The quantitative estimate of drug-likeness (QED) is 0.281. The van der Waals surface area contributed by atoms with E-state index in [4.69, 9.17) is 16.3 Å². The Hall–Kier alpha value is -3.69. The molecule has 0 radical (unpaired) electrons. The van der Waals surface area contributed by atoms with Gasteiger partial charge in [0.2, 0.25) is 0 Å². The summed E-state index contributed by atoms with van der Waals surface area (Å²) < 4.78 is 8.23. The zero-order chi connectivity index (χ0) is 22.9. The molecule has 0 atom stereocenters. The molecule has 8 nitrogen and oxygen atoms in total. The van der Waals surface area contributed by atoms with Crippen molar-refractivity contribution in [1.29, 1.82) is 0 Å². The minimum Gasteiger partial charge on any atom is -0.497 e. The molecule has 0 fully saturated rings. The first-order valence-corrected chi connectivity index (χ1v) is 11.2. The first kappa shape index (κ1) is 21.2. The van der Waals surface area contributed by atoms with Crippen molar-refractivity contribution in [3.05, 3.63) is 98.4 Å². The average Bonchev–Trinajstić information content (AvgIpc) is 2.83. The van der Waals surface area contributed by atoms with Gasteiger partial charge in [-0.25, -0.2) is 15.0 Å². The molecular weight excluding hydrogens is 462 g/mol. The van der Waals surface area contributed by atoms with E-state index in [2.05, 4.69) is 15.0 Å². The van der Waals surface area contributed by atoms with Crippen molar-refractivity contribution >= 4 is 40.0 Å². The lowest BCUT2D eigenvalue weighted by atomic mass is 10.3. The molecular formula is C23H16ClN5O3S. The van der Waals surface area contributed by atoms with Crippen molar-refractivity contribution in [2.45, 2.75) is 10.9 Å². The van der Waals surface area contributed by atoms with Gasteiger partial charge in [0.1, 0.15) is 11.4 Å². The van der Waals surface area contributed by atoms with Gasteiger partial charge in [0.05, 0.1) is 28.9 Å². The number of halogens is 1. The lowest BCUT2D eigenvalue weighted by molar-refractivity contribution is 0.414. The van der Waals surface area contributed by atoms with Crippen LogP contribution in [0.2, 0.25) is 5.02 Å². The Morgan fingerprint density at radius 2 is 1.94 bits per heavy atom. The molecule has 0 unspecified atom stereocenters. The van der Waals surface area contributed by atoms with E-state index >= 15 is 0 Å². The molecule has 0 aliphatic rings. The van der Waals surface area contributed by atoms with Crippen LogP contribution in [0.5, 0.6) is 5.75 Å². The Balaban J connectivity index is 1.60. The summed E-state index contributed by atoms with van der Waals surface area (Å²) in [6.07, 6.45) is 3.12. The molecule has 0 aliphatic heterocycles. The number of hydrogen-bond donors (Lipinski definition) is 0. The van der Waals surface area contributed by atoms with Gasteiger partial charge in [-0.2, -0.15) is 0 Å². The van der Waals surface area contributed by atoms with Crippen LogP contribution in [0.25, 0.3) is 22.4 Å². The van der Waals surface area contributed by atoms with Gasteiger partial charge in [0, 0.05) is 30.3 Å². The molecule has 1 aromatic carbocycles. The molecule has 4 heterocycles. The molecule has 0 saturated heterocycles. The maximum absolute atomic E-state index is 13.4. The standard InChI is InChI=1S/C23H16ClN5O3S/c1-32-17-5-2-4-16(11-17)29-22(31)18-6-3-9-25-21(18)27-23(29)33-13-15-10-20(30)28-12-14(24)7-8-19(28)26-15/h2-12H,13H2,1H3. The smallest absolute Gasteiger partial charge is 0.268 e. The summed E-state index contributed by atoms with van der Waals surface area (Å²) in [5, 5.41) is 1.28. The largest absolute Gasteiger partial charge is 0.497 e. The number of aromatic nitrogens is 5. The Morgan fingerprint density at radius 1 is 1.06 bits per heavy atom. The Bertz CT molecular complexity index is 1630. The molecule has 0 amide bonds. The van der Waals surface area contributed by atoms with Crippen molar-refractivity contribution in [2.75, 3.05) is 7.11 Å². The SMILES string of the molecule is COc1cccc(-n2c(SCc3cc(=O)n4cc(Cl)ccc4n3)nc3ncccc3c2=O)c1. The third-order valence-electron chi connectivity index (χ3n) is 4.95. The van der Waals surface area contributed by atoms with Crippen LogP contribution in [0.4, 0.5) is 0 Å². The van der Waals surface area contributed by atoms with Crippen molar-refractivity contribution < 1.29 is 4.74 Å². The summed E-state index contributed by atoms with van der Waals surface area (Å²) in [4.78, 5) is 39.3. The number of thioether (sulfide) groups is 1. The van der Waals surface area contributed by atoms with Gasteiger partial charge >= 0.3 is 0 Å². The molecule has 0 spiro atoms. The topological polar surface area (TPSA) is 91.4 Å². The summed E-state index contributed by atoms with van der Waals surface area (Å²) >= 11 is 7.28. The highest BCUT2D eigenvalue weighted by Gasteiger charge is 2.15. The van der Waals surface area contributed by atoms with Crippen LogP contribution in [0, 0.1) is 0 Å². The Labute approximate surface area is 196 Å². The minimum atomic E-state index is -0.245. The highest BCUT2D eigenvalue weighted by molar-refractivity contribution is 7.98. The van der Waals surface area contributed by atoms with Crippen LogP contribution in [-0.2, 0) is 5.75 Å². The molecule has 5 aromatic rings. The normalized spacial score (nSPS) is 11.2. The molecule has 0 aliphatic carbocycles. The Kier molecular flexibility index (Phi) is 5.57. The molecule has 164 valence electrons. The molecule has 10 heteroatoms. The van der Waals surface area contributed by atoms with Gasteiger partial charge in [0.15, 0.2) is 10.8 Å². The van der Waals surface area contributed by atoms with Gasteiger partial charge in [-0.05, 0) is 36.4 Å². The van der Waals surface area contributed by atoms with Crippen molar-refractivity contribution in [2.24, 2.45) is 0 Å². The van der Waals surface area contributed by atoms with E-state index in [-0.39, 0.29) is 11.1 Å². The lowest BCUT2D eigenvalue weighted by Crippen LogP contribution is -2.22. The third kappa shape index (κ3) is 4.08. The van der Waals surface area contributed by atoms with Gasteiger partial charge in [-0.15, -0.1) is 0 Å². The number of benzene rings is 1. The second-order valence-corrected chi connectivity index (χ2v) is 8.44. The summed E-state index contributed by atoms with van der Waals surface area (Å²) in [6, 6.07) is 15.4. The molecule has 0 N–H and O–H groups in total. The van der Waals surface area contributed by atoms with Crippen molar-refractivity contribution in [3.8, 4) is 11.4 Å². The second-order valence-electron chi connectivity index (χ2n) is 7.06. The van der Waals surface area contributed by atoms with Crippen LogP contribution in [-0.4, -0.2) is 31.0 Å². The fourth-order valence-electron chi connectivity index (χ4n) is 3.41. The van der Waals surface area contributed by atoms with Gasteiger partial charge in [-0.1, -0.05) is 29.4 Å². The van der Waals surface area contributed by atoms with E-state index in [9.17, 15) is 9.59 Å². The van der Waals surface area contributed by atoms with E-state index < -0.39 is 0 Å². The number of methoxy groups -OCH3 is 1. The summed E-state index contributed by atoms with van der Waals surface area (Å²) in [5.41, 5.74) is 1.52. The zero-order valence-electron chi connectivity index (χ0n) is 17.3. The number of rotatable bonds is 5. The maximum Gasteiger partial charge on any atom is 0.268 e. The van der Waals surface area contributed by atoms with Crippen LogP contribution in [0.15, 0.2) is 81.7 Å². The van der Waals surface area contributed by atoms with Gasteiger partial charge in [-0.3, -0.25) is 18.6 Å². The number of hydrogen-bond acceptors (Lipinski definition) is 7. The second kappa shape index (κ2) is 8.68. The van der Waals surface area contributed by atoms with E-state index in [1.165, 1.54) is 33.0 Å². The molecule has 4 aromatic heterocycles. The van der Waals surface area contributed by atoms with E-state index in [1.807, 2.05) is 6.07 Å². The maximum atomic E-state index is 13.4. The van der Waals surface area contributed by atoms with Crippen LogP contribution >= 0.6 is 23.4 Å². The predicted octanol–water partition coefficient (Wildman–Crippen LogP) is 3.74. The molecule has 0 bridgehead atoms. The molecule has 5 rings (SSSR count). The predicted molar refractivity (Wildman–Crippen MR) is 128 cm³/mol. The highest BCUT2D eigenvalue weighted by atomic mass is 35.5. The van der Waals surface area contributed by atoms with Crippen LogP contribution in [0.1, 0.15) is 5.69 Å². The molecule has 33 heavy (non-hydrogen) atoms. The Morgan fingerprint density at radius 3 is 2.79 bits per heavy atom. The number of ether oxygens (including phenoxy) is 1. The minimum absolute atomic E-state index is 0.239. The van der Waals surface area contributed by atoms with Crippen molar-refractivity contribution in [1.82, 2.24) is 23.9 Å². The van der Waals surface area contributed by atoms with E-state index in [0.29, 0.717) is 49.7 Å². The average molecular weight is 478 g/mol. The summed E-state index contributed by atoms with van der Waals surface area (Å²) in [6.45, 7) is 0. The zero-order valence-corrected chi connectivity index (χ0v) is 18.9. The van der Waals surface area contributed by atoms with Crippen LogP contribution in [0.3, 0.4) is 0 Å². The summed E-state index contributed by atoms with van der Waals surface area (Å²) in [7, 11) is 1.57. The third-order valence-corrected chi connectivity index (χ3v) is 6.15. The van der Waals surface area contributed by atoms with Crippen molar-refractivity contribution in [3.63, 3.8) is 0 Å². The summed E-state index contributed by atoms with van der Waals surface area (Å²) in [5.74, 6) is 0.938. The number of pyridine rings is 2. The van der Waals surface area contributed by atoms with E-state index in [0.717, 1.165) is 0 Å². The van der Waals surface area contributed by atoms with Crippen LogP contribution < -0.4 is 15.9 Å². The number of nitrogens with zero attached hydrogens (tertiary/aromatic N) is 5. The lowest BCUT2D eigenvalue weighted by Gasteiger charge is -2.13. The number of fused-ring (bicyclic) bond motifs is 2. The monoisotopic (exact) mass is 477 g/mol. The van der Waals surface area contributed by atoms with Gasteiger partial charge < -0.3 is 4.74 Å². The first-order chi connectivity index (χ1) is 16.0. The molecule has 0 saturated carbocycles. The highest BCUT2D eigenvalue weighted by Crippen LogP contribution is 2.25. The van der Waals surface area contributed by atoms with E-state index in [1.54, 1.807) is 55.8 Å². The first-order valence-electron chi connectivity index (χ1n) is 9.86.